The van der Waals surface area contributed by atoms with Gasteiger partial charge in [-0.25, -0.2) is 4.98 Å². The minimum atomic E-state index is 0.680. The molecule has 0 atom stereocenters. The summed E-state index contributed by atoms with van der Waals surface area (Å²) >= 11 is 9.04. The molecule has 3 rings (SSSR count). The lowest BCUT2D eigenvalue weighted by Gasteiger charge is -2.24. The lowest BCUT2D eigenvalue weighted by atomic mass is 9.96. The summed E-state index contributed by atoms with van der Waals surface area (Å²) in [5, 5.41) is 0. The van der Waals surface area contributed by atoms with Crippen molar-refractivity contribution in [3.8, 4) is 11.4 Å². The summed E-state index contributed by atoms with van der Waals surface area (Å²) < 4.78 is 9.43. The predicted octanol–water partition coefficient (Wildman–Crippen LogP) is 4.57. The molecule has 22 heavy (non-hydrogen) atoms. The lowest BCUT2D eigenvalue weighted by Crippen LogP contribution is -2.20. The van der Waals surface area contributed by atoms with Gasteiger partial charge in [-0.15, -0.1) is 0 Å². The molecule has 0 spiro atoms. The first-order valence-corrected chi connectivity index (χ1v) is 8.78. The molecule has 1 aliphatic rings. The number of ether oxygens (including phenoxy) is 1. The Balaban J connectivity index is 2.17. The molecule has 5 heteroatoms. The fourth-order valence-electron chi connectivity index (χ4n) is 3.01. The molecule has 1 aliphatic carbocycles. The first-order valence-electron chi connectivity index (χ1n) is 7.58. The number of hydrogen-bond acceptors (Lipinski definition) is 3. The Morgan fingerprint density at radius 2 is 1.95 bits per heavy atom. The maximum Gasteiger partial charge on any atom is 0.141 e. The SMILES string of the molecule is COCCn1c(-c2ccc(Br)cc2)nc(=S)c2c1CCCC2. The van der Waals surface area contributed by atoms with Crippen molar-refractivity contribution in [2.45, 2.75) is 32.2 Å². The average Bonchev–Trinajstić information content (AvgIpc) is 2.55. The smallest absolute Gasteiger partial charge is 0.141 e. The standard InChI is InChI=1S/C17H19BrN2OS/c1-21-11-10-20-15-5-3-2-4-14(15)17(22)19-16(20)12-6-8-13(18)9-7-12/h6-9H,2-5,10-11H2,1H3. The molecule has 0 radical (unpaired) electrons. The normalized spacial score (nSPS) is 13.9. The van der Waals surface area contributed by atoms with Crippen molar-refractivity contribution >= 4 is 28.1 Å². The molecule has 1 aromatic heterocycles. The van der Waals surface area contributed by atoms with Crippen LogP contribution >= 0.6 is 28.1 Å². The van der Waals surface area contributed by atoms with Gasteiger partial charge >= 0.3 is 0 Å². The topological polar surface area (TPSA) is 27.1 Å². The molecule has 0 unspecified atom stereocenters. The summed E-state index contributed by atoms with van der Waals surface area (Å²) in [6, 6.07) is 8.25. The summed E-state index contributed by atoms with van der Waals surface area (Å²) in [4.78, 5) is 4.75. The number of hydrogen-bond donors (Lipinski definition) is 0. The van der Waals surface area contributed by atoms with Gasteiger partial charge in [0.05, 0.1) is 6.61 Å². The highest BCUT2D eigenvalue weighted by Crippen LogP contribution is 2.28. The van der Waals surface area contributed by atoms with Gasteiger partial charge in [-0.2, -0.15) is 0 Å². The molecule has 116 valence electrons. The maximum absolute atomic E-state index is 5.56. The van der Waals surface area contributed by atoms with Crippen molar-refractivity contribution < 1.29 is 4.74 Å². The summed E-state index contributed by atoms with van der Waals surface area (Å²) in [5.74, 6) is 0.954. The number of halogens is 1. The van der Waals surface area contributed by atoms with Crippen LogP contribution in [0.5, 0.6) is 0 Å². The minimum Gasteiger partial charge on any atom is -0.383 e. The summed E-state index contributed by atoms with van der Waals surface area (Å²) in [6.45, 7) is 1.49. The number of fused-ring (bicyclic) bond motifs is 1. The Bertz CT molecular complexity index is 725. The summed E-state index contributed by atoms with van der Waals surface area (Å²) in [7, 11) is 1.74. The molecule has 1 aromatic carbocycles. The molecule has 0 N–H and O–H groups in total. The average molecular weight is 379 g/mol. The van der Waals surface area contributed by atoms with E-state index in [0.29, 0.717) is 6.61 Å². The number of benzene rings is 1. The third kappa shape index (κ3) is 3.16. The fraction of sp³-hybridized carbons (Fsp3) is 0.412. The van der Waals surface area contributed by atoms with Crippen molar-refractivity contribution in [3.63, 3.8) is 0 Å². The van der Waals surface area contributed by atoms with Gasteiger partial charge in [0, 0.05) is 34.9 Å². The first-order chi connectivity index (χ1) is 10.7. The van der Waals surface area contributed by atoms with Crippen LogP contribution in [0.2, 0.25) is 0 Å². The van der Waals surface area contributed by atoms with Gasteiger partial charge in [0.15, 0.2) is 0 Å². The Labute approximate surface area is 144 Å². The molecule has 0 aliphatic heterocycles. The highest BCUT2D eigenvalue weighted by Gasteiger charge is 2.19. The van der Waals surface area contributed by atoms with Crippen LogP contribution in [0.15, 0.2) is 28.7 Å². The van der Waals surface area contributed by atoms with E-state index in [1.54, 1.807) is 7.11 Å². The van der Waals surface area contributed by atoms with Gasteiger partial charge in [0.25, 0.3) is 0 Å². The summed E-state index contributed by atoms with van der Waals surface area (Å²) in [5.41, 5.74) is 3.71. The van der Waals surface area contributed by atoms with Gasteiger partial charge in [0.2, 0.25) is 0 Å². The van der Waals surface area contributed by atoms with Crippen LogP contribution in [-0.2, 0) is 24.1 Å². The van der Waals surface area contributed by atoms with E-state index in [1.807, 2.05) is 12.1 Å². The van der Waals surface area contributed by atoms with Gasteiger partial charge in [-0.05, 0) is 37.8 Å². The molecule has 2 aromatic rings. The highest BCUT2D eigenvalue weighted by atomic mass is 79.9. The molecule has 1 heterocycles. The molecule has 0 bridgehead atoms. The second kappa shape index (κ2) is 7.02. The molecule has 0 amide bonds. The van der Waals surface area contributed by atoms with Crippen LogP contribution in [0.1, 0.15) is 24.1 Å². The third-order valence-electron chi connectivity index (χ3n) is 4.11. The second-order valence-corrected chi connectivity index (χ2v) is 6.83. The quantitative estimate of drug-likeness (QED) is 0.729. The van der Waals surface area contributed by atoms with Crippen molar-refractivity contribution in [2.24, 2.45) is 0 Å². The van der Waals surface area contributed by atoms with E-state index in [0.717, 1.165) is 39.9 Å². The predicted molar refractivity (Wildman–Crippen MR) is 94.7 cm³/mol. The summed E-state index contributed by atoms with van der Waals surface area (Å²) in [6.07, 6.45) is 4.56. The monoisotopic (exact) mass is 378 g/mol. The number of aromatic nitrogens is 2. The molecular formula is C17H19BrN2OS. The zero-order valence-electron chi connectivity index (χ0n) is 12.6. The van der Waals surface area contributed by atoms with Gasteiger partial charge in [0.1, 0.15) is 10.5 Å². The Hall–Kier alpha value is -1.04. The van der Waals surface area contributed by atoms with Crippen LogP contribution in [0.4, 0.5) is 0 Å². The molecule has 3 nitrogen and oxygen atoms in total. The van der Waals surface area contributed by atoms with E-state index in [2.05, 4.69) is 32.6 Å². The van der Waals surface area contributed by atoms with Crippen LogP contribution in [-0.4, -0.2) is 23.3 Å². The fourth-order valence-corrected chi connectivity index (χ4v) is 3.58. The van der Waals surface area contributed by atoms with Gasteiger partial charge in [-0.3, -0.25) is 0 Å². The highest BCUT2D eigenvalue weighted by molar-refractivity contribution is 9.10. The van der Waals surface area contributed by atoms with Crippen LogP contribution < -0.4 is 0 Å². The van der Waals surface area contributed by atoms with Crippen molar-refractivity contribution in [1.29, 1.82) is 0 Å². The van der Waals surface area contributed by atoms with Crippen molar-refractivity contribution in [2.75, 3.05) is 13.7 Å². The van der Waals surface area contributed by atoms with Crippen molar-refractivity contribution in [1.82, 2.24) is 9.55 Å². The maximum atomic E-state index is 5.56. The Morgan fingerprint density at radius 1 is 1.23 bits per heavy atom. The minimum absolute atomic E-state index is 0.680. The zero-order valence-corrected chi connectivity index (χ0v) is 15.0. The van der Waals surface area contributed by atoms with Gasteiger partial charge in [-0.1, -0.05) is 40.3 Å². The van der Waals surface area contributed by atoms with Gasteiger partial charge < -0.3 is 9.30 Å². The van der Waals surface area contributed by atoms with Crippen LogP contribution in [0.25, 0.3) is 11.4 Å². The Kier molecular flexibility index (Phi) is 5.06. The van der Waals surface area contributed by atoms with E-state index in [-0.39, 0.29) is 0 Å². The largest absolute Gasteiger partial charge is 0.383 e. The van der Waals surface area contributed by atoms with E-state index >= 15 is 0 Å². The number of rotatable bonds is 4. The van der Waals surface area contributed by atoms with E-state index in [4.69, 9.17) is 21.9 Å². The first kappa shape index (κ1) is 15.8. The van der Waals surface area contributed by atoms with Crippen molar-refractivity contribution in [3.05, 3.63) is 44.6 Å². The van der Waals surface area contributed by atoms with Crippen LogP contribution in [0.3, 0.4) is 0 Å². The van der Waals surface area contributed by atoms with E-state index < -0.39 is 0 Å². The number of nitrogens with zero attached hydrogens (tertiary/aromatic N) is 2. The molecular weight excluding hydrogens is 360 g/mol. The second-order valence-electron chi connectivity index (χ2n) is 5.52. The lowest BCUT2D eigenvalue weighted by molar-refractivity contribution is 0.186. The number of methoxy groups -OCH3 is 1. The van der Waals surface area contributed by atoms with Crippen LogP contribution in [0, 0.1) is 4.64 Å². The molecule has 0 saturated carbocycles. The Morgan fingerprint density at radius 3 is 2.68 bits per heavy atom. The molecule has 0 fully saturated rings. The van der Waals surface area contributed by atoms with E-state index in [1.165, 1.54) is 24.1 Å². The van der Waals surface area contributed by atoms with E-state index in [9.17, 15) is 0 Å². The zero-order chi connectivity index (χ0) is 15.5. The molecule has 0 saturated heterocycles. The third-order valence-corrected chi connectivity index (χ3v) is 4.97.